The summed E-state index contributed by atoms with van der Waals surface area (Å²) >= 11 is 4.54. The third-order valence-electron chi connectivity index (χ3n) is 5.25. The fraction of sp³-hybridized carbons (Fsp3) is 0.125. The first-order valence-corrected chi connectivity index (χ1v) is 13.2. The third kappa shape index (κ3) is 4.97. The molecule has 188 valence electrons. The fourth-order valence-electron chi connectivity index (χ4n) is 3.51. The van der Waals surface area contributed by atoms with E-state index in [9.17, 15) is 30.8 Å². The van der Waals surface area contributed by atoms with Crippen molar-refractivity contribution in [2.24, 2.45) is 0 Å². The molecule has 5 nitrogen and oxygen atoms in total. The maximum Gasteiger partial charge on any atom is 0.419 e. The summed E-state index contributed by atoms with van der Waals surface area (Å²) in [5.74, 6) is -2.22. The van der Waals surface area contributed by atoms with E-state index in [2.05, 4.69) is 20.7 Å². The number of halogens is 5. The van der Waals surface area contributed by atoms with Crippen LogP contribution < -0.4 is 4.31 Å². The molecule has 0 spiro atoms. The van der Waals surface area contributed by atoms with Gasteiger partial charge < -0.3 is 4.74 Å². The number of rotatable bonds is 6. The van der Waals surface area contributed by atoms with Gasteiger partial charge in [0.15, 0.2) is 0 Å². The summed E-state index contributed by atoms with van der Waals surface area (Å²) < 4.78 is 88.3. The number of nitrogens with zero attached hydrogens (tertiary/aromatic N) is 1. The number of esters is 1. The lowest BCUT2D eigenvalue weighted by Crippen LogP contribution is -2.30. The molecule has 0 unspecified atom stereocenters. The Bertz CT molecular complexity index is 1570. The van der Waals surface area contributed by atoms with Crippen molar-refractivity contribution in [3.63, 3.8) is 0 Å². The molecule has 4 aromatic rings. The number of anilines is 1. The highest BCUT2D eigenvalue weighted by Crippen LogP contribution is 2.44. The molecule has 0 bridgehead atoms. The van der Waals surface area contributed by atoms with Gasteiger partial charge in [0.25, 0.3) is 10.0 Å². The lowest BCUT2D eigenvalue weighted by Gasteiger charge is -2.24. The van der Waals surface area contributed by atoms with Crippen LogP contribution in [0.15, 0.2) is 76.1 Å². The molecule has 12 heteroatoms. The average Bonchev–Trinajstić information content (AvgIpc) is 3.18. The number of carbonyl (C=O) groups excluding carboxylic acids is 1. The minimum atomic E-state index is -4.96. The smallest absolute Gasteiger partial charge is 0.419 e. The Hall–Kier alpha value is -2.96. The highest BCUT2D eigenvalue weighted by atomic mass is 79.9. The summed E-state index contributed by atoms with van der Waals surface area (Å²) in [6, 6.07) is 14.5. The molecule has 1 heterocycles. The van der Waals surface area contributed by atoms with E-state index in [-0.39, 0.29) is 21.0 Å². The minimum absolute atomic E-state index is 0.0185. The zero-order valence-electron chi connectivity index (χ0n) is 18.3. The third-order valence-corrected chi connectivity index (χ3v) is 9.37. The maximum absolute atomic E-state index is 13.9. The van der Waals surface area contributed by atoms with Gasteiger partial charge >= 0.3 is 12.1 Å². The van der Waals surface area contributed by atoms with Gasteiger partial charge in [-0.2, -0.15) is 13.2 Å². The van der Waals surface area contributed by atoms with Gasteiger partial charge in [0.2, 0.25) is 0 Å². The molecule has 0 atom stereocenters. The molecular weight excluding hydrogens is 586 g/mol. The first-order chi connectivity index (χ1) is 16.9. The van der Waals surface area contributed by atoms with Crippen molar-refractivity contribution in [2.75, 3.05) is 11.4 Å². The Morgan fingerprint density at radius 3 is 2.44 bits per heavy atom. The summed E-state index contributed by atoms with van der Waals surface area (Å²) in [6.07, 6.45) is -4.96. The second kappa shape index (κ2) is 9.83. The minimum Gasteiger partial charge on any atom is -0.465 e. The predicted octanol–water partition coefficient (Wildman–Crippen LogP) is 7.00. The van der Waals surface area contributed by atoms with Crippen molar-refractivity contribution in [1.82, 2.24) is 0 Å². The van der Waals surface area contributed by atoms with Gasteiger partial charge in [-0.05, 0) is 57.9 Å². The molecule has 4 rings (SSSR count). The molecule has 0 saturated heterocycles. The number of thiophene rings is 1. The van der Waals surface area contributed by atoms with E-state index in [1.54, 1.807) is 24.3 Å². The second-order valence-corrected chi connectivity index (χ2v) is 11.2. The van der Waals surface area contributed by atoms with Crippen molar-refractivity contribution in [3.05, 3.63) is 93.7 Å². The van der Waals surface area contributed by atoms with E-state index in [0.29, 0.717) is 22.0 Å². The van der Waals surface area contributed by atoms with Gasteiger partial charge in [-0.1, -0.05) is 30.3 Å². The normalized spacial score (nSPS) is 12.1. The fourth-order valence-corrected chi connectivity index (χ4v) is 7.38. The number of methoxy groups -OCH3 is 1. The lowest BCUT2D eigenvalue weighted by atomic mass is 10.1. The van der Waals surface area contributed by atoms with Gasteiger partial charge in [-0.3, -0.25) is 4.31 Å². The molecule has 0 fully saturated rings. The topological polar surface area (TPSA) is 63.7 Å². The summed E-state index contributed by atoms with van der Waals surface area (Å²) in [5, 5.41) is 0.911. The van der Waals surface area contributed by atoms with E-state index in [1.165, 1.54) is 18.2 Å². The summed E-state index contributed by atoms with van der Waals surface area (Å²) in [4.78, 5) is 11.7. The van der Waals surface area contributed by atoms with Crippen LogP contribution in [0.25, 0.3) is 10.1 Å². The second-order valence-electron chi connectivity index (χ2n) is 7.56. The van der Waals surface area contributed by atoms with Crippen molar-refractivity contribution in [1.29, 1.82) is 0 Å². The number of alkyl halides is 3. The van der Waals surface area contributed by atoms with Crippen LogP contribution in [0.5, 0.6) is 0 Å². The molecule has 0 aliphatic rings. The standard InChI is InChI=1S/C24H16BrF4NO4S2/c1-34-23(31)15-5-4-6-16(12-15)36(32,33)30(22-21(25)17-7-2-3-8-20(17)35-22)13-14-9-10-19(26)18(11-14)24(27,28)29/h2-12H,13H2,1H3. The largest absolute Gasteiger partial charge is 0.465 e. The number of ether oxygens (including phenoxy) is 1. The Morgan fingerprint density at radius 2 is 1.78 bits per heavy atom. The Labute approximate surface area is 216 Å². The lowest BCUT2D eigenvalue weighted by molar-refractivity contribution is -0.140. The quantitative estimate of drug-likeness (QED) is 0.176. The van der Waals surface area contributed by atoms with Crippen molar-refractivity contribution in [3.8, 4) is 0 Å². The highest BCUT2D eigenvalue weighted by Gasteiger charge is 2.35. The number of benzene rings is 3. The van der Waals surface area contributed by atoms with E-state index in [4.69, 9.17) is 0 Å². The number of fused-ring (bicyclic) bond motifs is 1. The molecule has 0 amide bonds. The molecular formula is C24H16BrF4NO4S2. The van der Waals surface area contributed by atoms with Crippen LogP contribution in [0.1, 0.15) is 21.5 Å². The van der Waals surface area contributed by atoms with Crippen LogP contribution in [0, 0.1) is 5.82 Å². The van der Waals surface area contributed by atoms with Crippen LogP contribution in [0.2, 0.25) is 0 Å². The number of sulfonamides is 1. The van der Waals surface area contributed by atoms with Crippen LogP contribution >= 0.6 is 27.3 Å². The molecule has 3 aromatic carbocycles. The molecule has 36 heavy (non-hydrogen) atoms. The van der Waals surface area contributed by atoms with E-state index in [0.717, 1.165) is 39.6 Å². The van der Waals surface area contributed by atoms with Gasteiger partial charge in [0, 0.05) is 10.1 Å². The van der Waals surface area contributed by atoms with E-state index >= 15 is 0 Å². The first-order valence-electron chi connectivity index (χ1n) is 10.2. The zero-order chi connectivity index (χ0) is 26.3. The van der Waals surface area contributed by atoms with Crippen molar-refractivity contribution >= 4 is 58.3 Å². The predicted molar refractivity (Wildman–Crippen MR) is 132 cm³/mol. The van der Waals surface area contributed by atoms with E-state index < -0.39 is 40.1 Å². The summed E-state index contributed by atoms with van der Waals surface area (Å²) in [5.41, 5.74) is -1.60. The van der Waals surface area contributed by atoms with Crippen LogP contribution in [0.4, 0.5) is 22.6 Å². The molecule has 0 aliphatic heterocycles. The van der Waals surface area contributed by atoms with Crippen LogP contribution in [-0.4, -0.2) is 21.5 Å². The van der Waals surface area contributed by atoms with Gasteiger partial charge in [0.1, 0.15) is 10.8 Å². The summed E-state index contributed by atoms with van der Waals surface area (Å²) in [6.45, 7) is -0.528. The summed E-state index contributed by atoms with van der Waals surface area (Å²) in [7, 11) is -3.26. The molecule has 0 radical (unpaired) electrons. The molecule has 0 N–H and O–H groups in total. The molecule has 1 aromatic heterocycles. The Balaban J connectivity index is 1.89. The maximum atomic E-state index is 13.9. The highest BCUT2D eigenvalue weighted by molar-refractivity contribution is 9.10. The number of hydrogen-bond donors (Lipinski definition) is 0. The SMILES string of the molecule is COC(=O)c1cccc(S(=O)(=O)N(Cc2ccc(F)c(C(F)(F)F)c2)c2sc3ccccc3c2Br)c1. The Morgan fingerprint density at radius 1 is 1.06 bits per heavy atom. The zero-order valence-corrected chi connectivity index (χ0v) is 21.6. The molecule has 0 aliphatic carbocycles. The van der Waals surface area contributed by atoms with Crippen molar-refractivity contribution < 1.29 is 35.5 Å². The van der Waals surface area contributed by atoms with Crippen molar-refractivity contribution in [2.45, 2.75) is 17.6 Å². The number of hydrogen-bond acceptors (Lipinski definition) is 5. The van der Waals surface area contributed by atoms with Gasteiger partial charge in [-0.25, -0.2) is 17.6 Å². The first kappa shape index (κ1) is 26.1. The Kier molecular flexibility index (Phi) is 7.13. The van der Waals surface area contributed by atoms with Gasteiger partial charge in [0.05, 0.1) is 34.1 Å². The van der Waals surface area contributed by atoms with E-state index in [1.807, 2.05) is 0 Å². The van der Waals surface area contributed by atoms with Crippen LogP contribution in [-0.2, 0) is 27.5 Å². The van der Waals surface area contributed by atoms with Gasteiger partial charge in [-0.15, -0.1) is 11.3 Å². The number of carbonyl (C=O) groups is 1. The monoisotopic (exact) mass is 601 g/mol. The average molecular weight is 602 g/mol. The van der Waals surface area contributed by atoms with Crippen LogP contribution in [0.3, 0.4) is 0 Å². The molecule has 0 saturated carbocycles.